The third-order valence-corrected chi connectivity index (χ3v) is 21.6. The van der Waals surface area contributed by atoms with Gasteiger partial charge in [0.15, 0.2) is 6.23 Å². The summed E-state index contributed by atoms with van der Waals surface area (Å²) in [4.78, 5) is 128. The zero-order valence-corrected chi connectivity index (χ0v) is 55.9. The Morgan fingerprint density at radius 2 is 1.38 bits per heavy atom. The van der Waals surface area contributed by atoms with Crippen molar-refractivity contribution in [2.75, 3.05) is 13.2 Å². The van der Waals surface area contributed by atoms with Gasteiger partial charge in [-0.25, -0.2) is 4.98 Å². The largest absolute Gasteiger partial charge is 2.00 e. The summed E-state index contributed by atoms with van der Waals surface area (Å²) in [6, 6.07) is 2.65. The number of aryl methyl sites for hydroxylation is 2. The van der Waals surface area contributed by atoms with E-state index in [1.165, 1.54) is 17.8 Å². The number of nitrogens with zero attached hydrogens (tertiary/aromatic N) is 6. The molecular weight excluding hydrogens is 1260 g/mol. The molecule has 1 aromatic heterocycles. The fraction of sp³-hybridized carbons (Fsp3) is 0.629. The van der Waals surface area contributed by atoms with E-state index in [9.17, 15) is 53.2 Å². The number of phosphoric ester groups is 1. The summed E-state index contributed by atoms with van der Waals surface area (Å²) in [5.41, 5.74) is 36.7. The second-order valence-electron chi connectivity index (χ2n) is 27.0. The maximum absolute atomic E-state index is 14.4. The van der Waals surface area contributed by atoms with E-state index in [0.29, 0.717) is 56.4 Å². The van der Waals surface area contributed by atoms with Crippen LogP contribution in [0.5, 0.6) is 0 Å². The molecule has 92 heavy (non-hydrogen) atoms. The van der Waals surface area contributed by atoms with Crippen LogP contribution in [0.1, 0.15) is 150 Å². The first-order valence-corrected chi connectivity index (χ1v) is 32.0. The number of amides is 7. The molecular formula is C62H90CoN13O15P. The number of carbonyl (C=O) groups is 7. The summed E-state index contributed by atoms with van der Waals surface area (Å²) in [6.07, 6.45) is -4.79. The van der Waals surface area contributed by atoms with Gasteiger partial charge >= 0.3 is 16.8 Å². The number of nitrogens with two attached hydrogens (primary N) is 6. The molecule has 8 rings (SSSR count). The minimum Gasteiger partial charge on any atom is -0.756 e. The number of phosphoric acid groups is 1. The van der Waals surface area contributed by atoms with Gasteiger partial charge in [0.05, 0.1) is 41.3 Å². The first-order valence-electron chi connectivity index (χ1n) is 30.5. The first-order chi connectivity index (χ1) is 41.8. The third kappa shape index (κ3) is 14.1. The molecule has 8 bridgehead atoms. The van der Waals surface area contributed by atoms with Crippen molar-refractivity contribution in [1.29, 1.82) is 0 Å². The number of primary amides is 6. The van der Waals surface area contributed by atoms with Gasteiger partial charge in [-0.2, -0.15) is 5.70 Å². The van der Waals surface area contributed by atoms with Crippen LogP contribution in [-0.2, 0) is 68.7 Å². The van der Waals surface area contributed by atoms with Crippen LogP contribution in [0.4, 0.5) is 0 Å². The van der Waals surface area contributed by atoms with Gasteiger partial charge in [-0.3, -0.25) is 53.1 Å². The fourth-order valence-electron chi connectivity index (χ4n) is 15.3. The van der Waals surface area contributed by atoms with Crippen LogP contribution in [0, 0.1) is 59.2 Å². The molecule has 2 fully saturated rings. The number of hydrogen-bond acceptors (Lipinski definition) is 18. The number of aliphatic hydroxyl groups excluding tert-OH is 2. The molecule has 1 aromatic carbocycles. The zero-order chi connectivity index (χ0) is 66.7. The van der Waals surface area contributed by atoms with E-state index in [-0.39, 0.29) is 99.4 Å². The Labute approximate surface area is 545 Å². The first kappa shape index (κ1) is 74.5. The van der Waals surface area contributed by atoms with Crippen LogP contribution >= 0.6 is 7.82 Å². The fourth-order valence-corrected chi connectivity index (χ4v) is 16.4. The van der Waals surface area contributed by atoms with Crippen molar-refractivity contribution in [3.8, 4) is 0 Å². The number of hydrogen-bond donors (Lipinski definition) is 9. The van der Waals surface area contributed by atoms with E-state index in [1.807, 2.05) is 80.5 Å². The number of benzene rings is 1. The molecule has 6 aliphatic rings. The summed E-state index contributed by atoms with van der Waals surface area (Å²) in [6.45, 7) is 19.0. The average Bonchev–Trinajstić information content (AvgIpc) is 1.53. The van der Waals surface area contributed by atoms with Gasteiger partial charge in [0, 0.05) is 108 Å². The Morgan fingerprint density at radius 3 is 1.96 bits per heavy atom. The molecule has 28 nitrogen and oxygen atoms in total. The Bertz CT molecular complexity index is 3550. The molecule has 7 heterocycles. The maximum atomic E-state index is 14.4. The summed E-state index contributed by atoms with van der Waals surface area (Å²) in [7, 11) is -5.32. The monoisotopic (exact) mass is 1350 g/mol. The number of allylic oxidation sites excluding steroid dienone is 6. The van der Waals surface area contributed by atoms with Crippen molar-refractivity contribution in [2.45, 2.75) is 189 Å². The number of carbonyl (C=O) groups excluding carboxylic acids is 7. The molecule has 7 amide bonds. The predicted molar refractivity (Wildman–Crippen MR) is 335 cm³/mol. The number of ether oxygens (including phenoxy) is 1. The van der Waals surface area contributed by atoms with E-state index in [1.54, 1.807) is 6.92 Å². The van der Waals surface area contributed by atoms with E-state index >= 15 is 0 Å². The number of aromatic nitrogens is 2. The van der Waals surface area contributed by atoms with Crippen molar-refractivity contribution >= 4 is 77.3 Å². The van der Waals surface area contributed by atoms with Gasteiger partial charge < -0.3 is 84.0 Å². The van der Waals surface area contributed by atoms with Crippen LogP contribution in [0.3, 0.4) is 0 Å². The number of aliphatic imine (C=N–C) groups is 3. The minimum absolute atomic E-state index is 0. The number of nitrogens with one attached hydrogen (secondary N) is 1. The smallest absolute Gasteiger partial charge is 0.756 e. The molecule has 2 saturated heterocycles. The molecule has 1 radical (unpaired) electrons. The van der Waals surface area contributed by atoms with E-state index < -0.39 is 143 Å². The maximum Gasteiger partial charge on any atom is 2.00 e. The van der Waals surface area contributed by atoms with E-state index in [2.05, 4.69) is 10.3 Å². The molecule has 2 unspecified atom stereocenters. The number of imidazole rings is 1. The molecule has 0 saturated carbocycles. The van der Waals surface area contributed by atoms with Gasteiger partial charge in [0.2, 0.25) is 41.4 Å². The normalized spacial score (nSPS) is 33.5. The van der Waals surface area contributed by atoms with E-state index in [0.717, 1.165) is 11.1 Å². The zero-order valence-electron chi connectivity index (χ0n) is 54.0. The van der Waals surface area contributed by atoms with Crippen molar-refractivity contribution in [2.24, 2.45) is 94.7 Å². The quantitative estimate of drug-likeness (QED) is 0.0611. The second-order valence-corrected chi connectivity index (χ2v) is 28.3. The van der Waals surface area contributed by atoms with Gasteiger partial charge in [0.1, 0.15) is 18.3 Å². The van der Waals surface area contributed by atoms with Crippen LogP contribution < -0.4 is 44.6 Å². The van der Waals surface area contributed by atoms with E-state index in [4.69, 9.17) is 68.5 Å². The Kier molecular flexibility index (Phi) is 22.5. The number of rotatable bonds is 26. The third-order valence-electron chi connectivity index (χ3n) is 20.5. The minimum atomic E-state index is -5.32. The van der Waals surface area contributed by atoms with Gasteiger partial charge in [-0.05, 0) is 119 Å². The molecule has 15 atom stereocenters. The molecule has 30 heteroatoms. The topological polar surface area (TPSA) is 496 Å². The van der Waals surface area contributed by atoms with Crippen molar-refractivity contribution in [1.82, 2.24) is 14.9 Å². The van der Waals surface area contributed by atoms with Gasteiger partial charge in [0.25, 0.3) is 7.82 Å². The average molecular weight is 1350 g/mol. The molecule has 0 aliphatic carbocycles. The second kappa shape index (κ2) is 27.8. The Hall–Kier alpha value is -6.53. The van der Waals surface area contributed by atoms with Crippen LogP contribution in [-0.4, -0.2) is 133 Å². The summed E-state index contributed by atoms with van der Waals surface area (Å²) in [5.74, 6) is -7.40. The molecule has 2 aromatic rings. The molecule has 6 aliphatic heterocycles. The number of aliphatic hydroxyl groups is 2. The van der Waals surface area contributed by atoms with Crippen LogP contribution in [0.2, 0.25) is 0 Å². The van der Waals surface area contributed by atoms with Crippen LogP contribution in [0.15, 0.2) is 67.8 Å². The molecule has 507 valence electrons. The van der Waals surface area contributed by atoms with Crippen molar-refractivity contribution < 1.29 is 89.3 Å². The standard InChI is InChI=1S/C62H90N13O14P.Co.H2O/c1-29-20-39-40(21-30(29)2)75(28-70-39)57-52(84)53(41(27-76)87-57)89-90(85,86)88-31(3)26-69-49(83)18-19-59(8)37(22-46(66)80)56-62(11)61(10,25-48(68)82)36(14-17-45(65)79)51(74-62)33(5)55-60(9,24-47(67)81)34(12-15-43(63)77)38(71-55)23-42-58(6,7)35(13-16-44(64)78)50(72-42)32(4)54(59)73-56;;/h20-21,23,28,31,34-37,41,52-53,56-57,76,84H,12-19,22,24-27H2,1-11H3,(H15,63,64,65,66,67,68,69,71,72,73,74,77,78,79,80,81,82,83,85,86);;1H2/q;+2;/p-2/t31-,34+,35+,36+,37-,41+,52+,53+,56?,57-,59+,60-,61-,62-;;/m0../s1. The molecule has 0 spiro atoms. The van der Waals surface area contributed by atoms with Crippen LogP contribution in [0.25, 0.3) is 16.4 Å². The van der Waals surface area contributed by atoms with Gasteiger partial charge in [-0.15, -0.1) is 0 Å². The predicted octanol–water partition coefficient (Wildman–Crippen LogP) is 2.49. The summed E-state index contributed by atoms with van der Waals surface area (Å²) in [5, 5.41) is 30.1. The SMILES string of the molecule is C/C1=C2/[N-]C([C@H](CC(N)=O)[C@@]2(C)CCC(=O)NC[C@H](C)OP(=O)([O-])O[C@H]2[C@@H](O)[C@@H](n3cnc4cc(C)c(C)cc43)O[C@@H]2CO)[C@]2(C)N=C(/C(C)=C3N=C(/C=C4N=C1[C@@H](CCC(N)=O)C\4(C)C)[C@@H](CCC(N)=O)[C@]\3(C)CC(N)=O)[C@@H](CCC(N)=O)[C@]2(C)CC(N)=O.O.[Co+2]. The van der Waals surface area contributed by atoms with Gasteiger partial charge in [-0.1, -0.05) is 40.7 Å². The Balaban J connectivity index is 0.00000672. The summed E-state index contributed by atoms with van der Waals surface area (Å²) >= 11 is 0. The van der Waals surface area contributed by atoms with Crippen molar-refractivity contribution in [3.05, 3.63) is 69.2 Å². The number of fused-ring (bicyclic) bond motifs is 7. The summed E-state index contributed by atoms with van der Waals surface area (Å²) < 4.78 is 31.9. The molecule has 17 N–H and O–H groups in total. The Morgan fingerprint density at radius 1 is 0.793 bits per heavy atom. The van der Waals surface area contributed by atoms with Crippen molar-refractivity contribution in [3.63, 3.8) is 0 Å².